The second-order valence-electron chi connectivity index (χ2n) is 18.2. The summed E-state index contributed by atoms with van der Waals surface area (Å²) in [5, 5.41) is 32.5. The smallest absolute Gasteiger partial charge is 0.408 e. The van der Waals surface area contributed by atoms with Crippen molar-refractivity contribution < 1.29 is 43.7 Å². The van der Waals surface area contributed by atoms with Crippen molar-refractivity contribution in [2.45, 2.75) is 130 Å². The number of Topliss-reactive ketones (excluding diaryl/α,β-unsaturated/α-hetero) is 1. The topological polar surface area (TPSA) is 258 Å². The fraction of sp³-hybridized carbons (Fsp3) is 0.543. The van der Waals surface area contributed by atoms with Crippen molar-refractivity contribution in [1.29, 1.82) is 0 Å². The lowest BCUT2D eigenvalue weighted by Crippen LogP contribution is -2.59. The first-order chi connectivity index (χ1) is 29.5. The molecule has 0 spiro atoms. The van der Waals surface area contributed by atoms with Gasteiger partial charge in [-0.2, -0.15) is 0 Å². The number of carboxylic acids is 1. The zero-order chi connectivity index (χ0) is 47.0. The Kier molecular flexibility index (Phi) is 19.8. The first-order valence-corrected chi connectivity index (χ1v) is 21.5. The second-order valence-corrected chi connectivity index (χ2v) is 18.2. The molecule has 6 atom stereocenters. The van der Waals surface area contributed by atoms with Gasteiger partial charge < -0.3 is 51.8 Å². The molecule has 17 nitrogen and oxygen atoms in total. The number of ketones is 1. The number of nitrogens with one attached hydrogen (secondary N) is 5. The van der Waals surface area contributed by atoms with Gasteiger partial charge in [0.15, 0.2) is 5.82 Å². The Morgan fingerprint density at radius 1 is 0.762 bits per heavy atom. The average molecular weight is 877 g/mol. The highest BCUT2D eigenvalue weighted by molar-refractivity contribution is 5.97. The number of rotatable bonds is 23. The van der Waals surface area contributed by atoms with E-state index in [4.69, 9.17) is 10.5 Å². The molecule has 0 fully saturated rings. The van der Waals surface area contributed by atoms with Gasteiger partial charge in [0.1, 0.15) is 23.7 Å². The van der Waals surface area contributed by atoms with Crippen LogP contribution in [0.15, 0.2) is 66.9 Å². The van der Waals surface area contributed by atoms with Crippen LogP contribution in [-0.4, -0.2) is 116 Å². The van der Waals surface area contributed by atoms with E-state index < -0.39 is 83.5 Å². The number of hydrogen-bond acceptors (Lipinski definition) is 10. The predicted octanol–water partition coefficient (Wildman–Crippen LogP) is 3.99. The Labute approximate surface area is 370 Å². The Bertz CT molecular complexity index is 1950. The number of carboxylic acid groups (broad SMARTS) is 1. The van der Waals surface area contributed by atoms with Crippen molar-refractivity contribution in [3.05, 3.63) is 89.5 Å². The molecule has 0 aliphatic heterocycles. The number of aliphatic hydroxyl groups excluding tert-OH is 1. The second kappa shape index (κ2) is 24.1. The molecule has 1 heterocycles. The zero-order valence-electron chi connectivity index (χ0n) is 38.0. The number of hydrogen-bond donors (Lipinski definition) is 8. The van der Waals surface area contributed by atoms with Gasteiger partial charge in [0.25, 0.3) is 0 Å². The van der Waals surface area contributed by atoms with Crippen molar-refractivity contribution in [3.8, 4) is 0 Å². The van der Waals surface area contributed by atoms with Crippen LogP contribution in [-0.2, 0) is 38.4 Å². The van der Waals surface area contributed by atoms with Gasteiger partial charge in [-0.1, -0.05) is 102 Å². The Morgan fingerprint density at radius 3 is 1.87 bits per heavy atom. The number of aliphatic carboxylic acids is 1. The van der Waals surface area contributed by atoms with Gasteiger partial charge in [-0.3, -0.25) is 14.4 Å². The SMILES string of the molecule is CC(C)C[C@H](NC(=O)[C@H](Cc1c[nH]c(C(=O)[C@@H](N)Cc2ccccc2)n1)NC(=O)OC(C)(C)C)C(O)CN(CC(C)C)C(=O)N[C@H](C(=O)N[C@@H](Cc1ccccc1)C(=O)O)C(C)C. The number of aromatic nitrogens is 2. The summed E-state index contributed by atoms with van der Waals surface area (Å²) in [6, 6.07) is 12.0. The Balaban J connectivity index is 1.81. The van der Waals surface area contributed by atoms with Crippen LogP contribution in [0, 0.1) is 17.8 Å². The molecule has 0 saturated heterocycles. The van der Waals surface area contributed by atoms with E-state index >= 15 is 0 Å². The van der Waals surface area contributed by atoms with Crippen LogP contribution >= 0.6 is 0 Å². The lowest BCUT2D eigenvalue weighted by Gasteiger charge is -2.34. The third-order valence-electron chi connectivity index (χ3n) is 9.84. The average Bonchev–Trinajstić information content (AvgIpc) is 3.66. The summed E-state index contributed by atoms with van der Waals surface area (Å²) in [5.74, 6) is -3.58. The number of nitrogens with two attached hydrogens (primary N) is 1. The van der Waals surface area contributed by atoms with Crippen LogP contribution in [0.3, 0.4) is 0 Å². The third kappa shape index (κ3) is 17.8. The number of carbonyl (C=O) groups is 6. The summed E-state index contributed by atoms with van der Waals surface area (Å²) in [6.07, 6.45) is -0.308. The minimum Gasteiger partial charge on any atom is -0.480 e. The molecule has 0 aliphatic carbocycles. The molecule has 0 bridgehead atoms. The summed E-state index contributed by atoms with van der Waals surface area (Å²) < 4.78 is 5.46. The molecular formula is C46H68N8O9. The molecule has 0 radical (unpaired) electrons. The monoisotopic (exact) mass is 877 g/mol. The summed E-state index contributed by atoms with van der Waals surface area (Å²) in [4.78, 5) is 88.7. The molecule has 2 aromatic carbocycles. The lowest BCUT2D eigenvalue weighted by molar-refractivity contribution is -0.142. The summed E-state index contributed by atoms with van der Waals surface area (Å²) in [6.45, 7) is 15.9. The highest BCUT2D eigenvalue weighted by atomic mass is 16.6. The third-order valence-corrected chi connectivity index (χ3v) is 9.84. The maximum absolute atomic E-state index is 14.1. The van der Waals surface area contributed by atoms with Crippen molar-refractivity contribution in [2.75, 3.05) is 13.1 Å². The van der Waals surface area contributed by atoms with Crippen LogP contribution in [0.2, 0.25) is 0 Å². The highest BCUT2D eigenvalue weighted by Gasteiger charge is 2.34. The molecule has 3 rings (SSSR count). The quantitative estimate of drug-likeness (QED) is 0.0632. The van der Waals surface area contributed by atoms with Gasteiger partial charge in [-0.15, -0.1) is 0 Å². The number of urea groups is 1. The normalized spacial score (nSPS) is 14.5. The standard InChI is InChI=1S/C46H68N8O9/c1-27(2)20-34(37(55)26-54(25-28(3)4)44(61)53-38(29(5)6)42(58)51-36(43(59)60)22-31-18-14-11-15-19-31)50-41(57)35(52-45(62)63-46(7,8)9)23-32-24-48-40(49-32)39(56)33(47)21-30-16-12-10-13-17-30/h10-19,24,27-29,33-38,55H,20-23,25-26,47H2,1-9H3,(H,48,49)(H,50,57)(H,51,58)(H,52,62)(H,53,61)(H,59,60)/t33-,34-,35-,36-,37?,38-/m0/s1. The van der Waals surface area contributed by atoms with Crippen molar-refractivity contribution in [2.24, 2.45) is 23.5 Å². The number of aromatic amines is 1. The van der Waals surface area contributed by atoms with Gasteiger partial charge in [0.05, 0.1) is 30.4 Å². The summed E-state index contributed by atoms with van der Waals surface area (Å²) in [7, 11) is 0. The predicted molar refractivity (Wildman–Crippen MR) is 239 cm³/mol. The van der Waals surface area contributed by atoms with E-state index in [1.165, 1.54) is 11.1 Å². The van der Waals surface area contributed by atoms with Gasteiger partial charge in [-0.05, 0) is 62.5 Å². The van der Waals surface area contributed by atoms with Crippen LogP contribution < -0.4 is 27.0 Å². The maximum atomic E-state index is 14.1. The van der Waals surface area contributed by atoms with Crippen LogP contribution in [0.25, 0.3) is 0 Å². The largest absolute Gasteiger partial charge is 0.480 e. The van der Waals surface area contributed by atoms with Gasteiger partial charge in [-0.25, -0.2) is 19.4 Å². The van der Waals surface area contributed by atoms with Gasteiger partial charge >= 0.3 is 18.1 Å². The summed E-state index contributed by atoms with van der Waals surface area (Å²) >= 11 is 0. The number of imidazole rings is 1. The number of benzene rings is 2. The molecule has 5 amide bonds. The number of aliphatic hydroxyl groups is 1. The maximum Gasteiger partial charge on any atom is 0.408 e. The number of carbonyl (C=O) groups excluding carboxylic acids is 5. The number of H-pyrrole nitrogens is 1. The Morgan fingerprint density at radius 2 is 1.35 bits per heavy atom. The number of nitrogens with zero attached hydrogens (tertiary/aromatic N) is 2. The lowest BCUT2D eigenvalue weighted by atomic mass is 9.97. The van der Waals surface area contributed by atoms with Crippen LogP contribution in [0.1, 0.15) is 96.2 Å². The molecule has 1 aromatic heterocycles. The molecule has 3 aromatic rings. The molecule has 0 saturated carbocycles. The fourth-order valence-electron chi connectivity index (χ4n) is 6.80. The van der Waals surface area contributed by atoms with E-state index in [0.717, 1.165) is 5.56 Å². The fourth-order valence-corrected chi connectivity index (χ4v) is 6.80. The van der Waals surface area contributed by atoms with E-state index in [0.29, 0.717) is 5.56 Å². The minimum absolute atomic E-state index is 0.00689. The Hall–Kier alpha value is -5.81. The minimum atomic E-state index is -1.32. The van der Waals surface area contributed by atoms with E-state index in [2.05, 4.69) is 31.2 Å². The van der Waals surface area contributed by atoms with Crippen molar-refractivity contribution >= 4 is 35.7 Å². The zero-order valence-corrected chi connectivity index (χ0v) is 38.0. The molecular weight excluding hydrogens is 809 g/mol. The van der Waals surface area contributed by atoms with E-state index in [9.17, 15) is 39.0 Å². The molecule has 1 unspecified atom stereocenters. The van der Waals surface area contributed by atoms with Crippen LogP contribution in [0.5, 0.6) is 0 Å². The van der Waals surface area contributed by atoms with Crippen molar-refractivity contribution in [1.82, 2.24) is 36.1 Å². The number of ether oxygens (including phenoxy) is 1. The first kappa shape index (κ1) is 51.5. The highest BCUT2D eigenvalue weighted by Crippen LogP contribution is 2.16. The molecule has 9 N–H and O–H groups in total. The number of alkyl carbamates (subject to hydrolysis) is 1. The van der Waals surface area contributed by atoms with Crippen LogP contribution in [0.4, 0.5) is 9.59 Å². The summed E-state index contributed by atoms with van der Waals surface area (Å²) in [5.41, 5.74) is 7.21. The van der Waals surface area contributed by atoms with E-state index in [1.807, 2.05) is 58.0 Å². The van der Waals surface area contributed by atoms with Gasteiger partial charge in [0.2, 0.25) is 17.6 Å². The molecule has 63 heavy (non-hydrogen) atoms. The van der Waals surface area contributed by atoms with E-state index in [1.54, 1.807) is 65.0 Å². The molecule has 17 heteroatoms. The molecule has 346 valence electrons. The first-order valence-electron chi connectivity index (χ1n) is 21.5. The molecule has 0 aliphatic rings. The number of amides is 5. The van der Waals surface area contributed by atoms with E-state index in [-0.39, 0.29) is 62.1 Å². The van der Waals surface area contributed by atoms with Crippen molar-refractivity contribution in [3.63, 3.8) is 0 Å². The van der Waals surface area contributed by atoms with Gasteiger partial charge in [0, 0.05) is 25.6 Å².